The van der Waals surface area contributed by atoms with Gasteiger partial charge in [0.25, 0.3) is 0 Å². The van der Waals surface area contributed by atoms with E-state index in [0.717, 1.165) is 0 Å². The van der Waals surface area contributed by atoms with E-state index in [1.165, 1.54) is 5.56 Å². The summed E-state index contributed by atoms with van der Waals surface area (Å²) in [5.41, 5.74) is 7.41. The fraction of sp³-hybridized carbons (Fsp3) is 0.235. The third kappa shape index (κ3) is 3.76. The van der Waals surface area contributed by atoms with E-state index in [1.807, 2.05) is 24.3 Å². The Morgan fingerprint density at radius 1 is 1.10 bits per heavy atom. The molecule has 0 aliphatic heterocycles. The summed E-state index contributed by atoms with van der Waals surface area (Å²) >= 11 is 5.98. The molecule has 0 aliphatic carbocycles. The minimum Gasteiger partial charge on any atom is -0.457 e. The van der Waals surface area contributed by atoms with E-state index in [2.05, 4.69) is 20.8 Å². The molecular weight excluding hydrogens is 284 g/mol. The number of nitrogens with two attached hydrogens (primary N) is 1. The number of benzene rings is 2. The average Bonchev–Trinajstić information content (AvgIpc) is 2.38. The monoisotopic (exact) mass is 302 g/mol. The zero-order valence-corrected chi connectivity index (χ0v) is 13.2. The SMILES string of the molecule is CC(C)(C)c1ccc(Oc2cc(Cl)ccc2C(=N)N)cc1. The van der Waals surface area contributed by atoms with Gasteiger partial charge in [-0.3, -0.25) is 5.41 Å². The first-order chi connectivity index (χ1) is 9.77. The molecule has 0 spiro atoms. The minimum atomic E-state index is -0.0482. The Bertz CT molecular complexity index is 657. The number of hydrogen-bond donors (Lipinski definition) is 2. The molecule has 4 heteroatoms. The van der Waals surface area contributed by atoms with Gasteiger partial charge >= 0.3 is 0 Å². The second kappa shape index (κ2) is 5.78. The van der Waals surface area contributed by atoms with Crippen molar-refractivity contribution >= 4 is 17.4 Å². The molecule has 0 aromatic heterocycles. The van der Waals surface area contributed by atoms with Crippen LogP contribution in [0.3, 0.4) is 0 Å². The first kappa shape index (κ1) is 15.4. The average molecular weight is 303 g/mol. The summed E-state index contributed by atoms with van der Waals surface area (Å²) in [6.07, 6.45) is 0. The number of rotatable bonds is 3. The van der Waals surface area contributed by atoms with E-state index < -0.39 is 0 Å². The molecule has 21 heavy (non-hydrogen) atoms. The molecule has 3 nitrogen and oxygen atoms in total. The summed E-state index contributed by atoms with van der Waals surface area (Å²) < 4.78 is 5.81. The molecule has 110 valence electrons. The third-order valence-corrected chi connectivity index (χ3v) is 3.42. The fourth-order valence-electron chi connectivity index (χ4n) is 1.95. The van der Waals surface area contributed by atoms with Gasteiger partial charge < -0.3 is 10.5 Å². The van der Waals surface area contributed by atoms with Gasteiger partial charge in [-0.2, -0.15) is 0 Å². The first-order valence-corrected chi connectivity index (χ1v) is 7.07. The van der Waals surface area contributed by atoms with Gasteiger partial charge in [0.2, 0.25) is 0 Å². The van der Waals surface area contributed by atoms with Crippen molar-refractivity contribution in [3.63, 3.8) is 0 Å². The molecule has 0 atom stereocenters. The second-order valence-corrected chi connectivity index (χ2v) is 6.37. The number of halogens is 1. The van der Waals surface area contributed by atoms with Gasteiger partial charge in [0.05, 0.1) is 5.56 Å². The second-order valence-electron chi connectivity index (χ2n) is 5.93. The van der Waals surface area contributed by atoms with E-state index in [4.69, 9.17) is 27.5 Å². The lowest BCUT2D eigenvalue weighted by molar-refractivity contribution is 0.480. The number of ether oxygens (including phenoxy) is 1. The van der Waals surface area contributed by atoms with E-state index in [9.17, 15) is 0 Å². The maximum atomic E-state index is 7.58. The minimum absolute atomic E-state index is 0.0482. The number of nitrogen functional groups attached to an aromatic ring is 1. The van der Waals surface area contributed by atoms with Crippen molar-refractivity contribution in [2.75, 3.05) is 0 Å². The van der Waals surface area contributed by atoms with Crippen molar-refractivity contribution in [2.45, 2.75) is 26.2 Å². The highest BCUT2D eigenvalue weighted by Gasteiger charge is 2.14. The Kier molecular flexibility index (Phi) is 4.24. The molecule has 0 saturated heterocycles. The van der Waals surface area contributed by atoms with Crippen molar-refractivity contribution in [3.05, 3.63) is 58.6 Å². The molecule has 0 amide bonds. The summed E-state index contributed by atoms with van der Waals surface area (Å²) in [5, 5.41) is 8.13. The molecule has 0 bridgehead atoms. The van der Waals surface area contributed by atoms with Crippen molar-refractivity contribution < 1.29 is 4.74 Å². The van der Waals surface area contributed by atoms with Gasteiger partial charge in [-0.15, -0.1) is 0 Å². The number of nitrogens with one attached hydrogen (secondary N) is 1. The van der Waals surface area contributed by atoms with Crippen LogP contribution >= 0.6 is 11.6 Å². The molecule has 2 aromatic rings. The number of amidine groups is 1. The first-order valence-electron chi connectivity index (χ1n) is 6.70. The fourth-order valence-corrected chi connectivity index (χ4v) is 2.12. The lowest BCUT2D eigenvalue weighted by Crippen LogP contribution is -2.12. The van der Waals surface area contributed by atoms with E-state index in [1.54, 1.807) is 18.2 Å². The van der Waals surface area contributed by atoms with Crippen LogP contribution in [-0.4, -0.2) is 5.84 Å². The molecule has 0 heterocycles. The van der Waals surface area contributed by atoms with Crippen LogP contribution in [0, 0.1) is 5.41 Å². The zero-order chi connectivity index (χ0) is 15.6. The summed E-state index contributed by atoms with van der Waals surface area (Å²) in [4.78, 5) is 0. The lowest BCUT2D eigenvalue weighted by atomic mass is 9.87. The van der Waals surface area contributed by atoms with Gasteiger partial charge in [0.1, 0.15) is 17.3 Å². The quantitative estimate of drug-likeness (QED) is 0.637. The van der Waals surface area contributed by atoms with Gasteiger partial charge in [0.15, 0.2) is 0 Å². The summed E-state index contributed by atoms with van der Waals surface area (Å²) in [6, 6.07) is 12.9. The predicted octanol–water partition coefficient (Wildman–Crippen LogP) is 4.71. The van der Waals surface area contributed by atoms with Crippen LogP contribution in [0.1, 0.15) is 31.9 Å². The molecule has 2 aromatic carbocycles. The van der Waals surface area contributed by atoms with Crippen LogP contribution in [-0.2, 0) is 5.41 Å². The smallest absolute Gasteiger partial charge is 0.139 e. The predicted molar refractivity (Wildman–Crippen MR) is 87.7 cm³/mol. The highest BCUT2D eigenvalue weighted by molar-refractivity contribution is 6.30. The molecule has 0 radical (unpaired) electrons. The molecule has 0 fully saturated rings. The largest absolute Gasteiger partial charge is 0.457 e. The topological polar surface area (TPSA) is 59.1 Å². The molecule has 3 N–H and O–H groups in total. The Balaban J connectivity index is 2.30. The maximum absolute atomic E-state index is 7.58. The third-order valence-electron chi connectivity index (χ3n) is 3.18. The summed E-state index contributed by atoms with van der Waals surface area (Å²) in [7, 11) is 0. The Morgan fingerprint density at radius 3 is 2.24 bits per heavy atom. The van der Waals surface area contributed by atoms with Crippen molar-refractivity contribution in [1.29, 1.82) is 5.41 Å². The van der Waals surface area contributed by atoms with Gasteiger partial charge in [-0.25, -0.2) is 0 Å². The Hall–Kier alpha value is -2.00. The normalized spacial score (nSPS) is 11.2. The Morgan fingerprint density at radius 2 is 1.71 bits per heavy atom. The molecule has 2 rings (SSSR count). The number of hydrogen-bond acceptors (Lipinski definition) is 2. The van der Waals surface area contributed by atoms with Crippen molar-refractivity contribution in [1.82, 2.24) is 0 Å². The van der Waals surface area contributed by atoms with Gasteiger partial charge in [-0.05, 0) is 35.2 Å². The maximum Gasteiger partial charge on any atom is 0.139 e. The van der Waals surface area contributed by atoms with Crippen LogP contribution in [0.25, 0.3) is 0 Å². The zero-order valence-electron chi connectivity index (χ0n) is 12.4. The molecule has 0 aliphatic rings. The molecule has 0 unspecified atom stereocenters. The van der Waals surface area contributed by atoms with Gasteiger partial charge in [0, 0.05) is 11.1 Å². The Labute approximate surface area is 130 Å². The van der Waals surface area contributed by atoms with Crippen LogP contribution in [0.4, 0.5) is 0 Å². The van der Waals surface area contributed by atoms with Crippen molar-refractivity contribution in [3.8, 4) is 11.5 Å². The lowest BCUT2D eigenvalue weighted by Gasteiger charge is -2.19. The van der Waals surface area contributed by atoms with E-state index >= 15 is 0 Å². The van der Waals surface area contributed by atoms with Crippen LogP contribution < -0.4 is 10.5 Å². The highest BCUT2D eigenvalue weighted by atomic mass is 35.5. The van der Waals surface area contributed by atoms with Crippen LogP contribution in [0.2, 0.25) is 5.02 Å². The van der Waals surface area contributed by atoms with E-state index in [-0.39, 0.29) is 11.3 Å². The van der Waals surface area contributed by atoms with Gasteiger partial charge in [-0.1, -0.05) is 44.5 Å². The van der Waals surface area contributed by atoms with Crippen LogP contribution in [0.5, 0.6) is 11.5 Å². The van der Waals surface area contributed by atoms with Crippen LogP contribution in [0.15, 0.2) is 42.5 Å². The summed E-state index contributed by atoms with van der Waals surface area (Å²) in [5.74, 6) is 1.12. The summed E-state index contributed by atoms with van der Waals surface area (Å²) in [6.45, 7) is 6.48. The molecule has 0 saturated carbocycles. The van der Waals surface area contributed by atoms with E-state index in [0.29, 0.717) is 22.1 Å². The standard InChI is InChI=1S/C17H19ClN2O/c1-17(2,3)11-4-7-13(8-5-11)21-15-10-12(18)6-9-14(15)16(19)20/h4-10H,1-3H3,(H3,19,20). The molecular formula is C17H19ClN2O. The highest BCUT2D eigenvalue weighted by Crippen LogP contribution is 2.30. The van der Waals surface area contributed by atoms with Crippen molar-refractivity contribution in [2.24, 2.45) is 5.73 Å².